The first-order chi connectivity index (χ1) is 6.15. The third-order valence-electron chi connectivity index (χ3n) is 2.54. The van der Waals surface area contributed by atoms with Gasteiger partial charge in [0.05, 0.1) is 0 Å². The Morgan fingerprint density at radius 1 is 1.77 bits per heavy atom. The highest BCUT2D eigenvalue weighted by molar-refractivity contribution is 6.20. The van der Waals surface area contributed by atoms with Gasteiger partial charge in [-0.1, -0.05) is 25.7 Å². The van der Waals surface area contributed by atoms with Crippen molar-refractivity contribution < 1.29 is 0 Å². The molecule has 0 saturated carbocycles. The summed E-state index contributed by atoms with van der Waals surface area (Å²) in [6, 6.07) is 0.460. The molecule has 0 saturated heterocycles. The summed E-state index contributed by atoms with van der Waals surface area (Å²) in [6.07, 6.45) is 5.33. The van der Waals surface area contributed by atoms with E-state index in [4.69, 9.17) is 11.6 Å². The molecule has 0 N–H and O–H groups in total. The lowest BCUT2D eigenvalue weighted by Crippen LogP contribution is -2.40. The van der Waals surface area contributed by atoms with Gasteiger partial charge in [-0.25, -0.2) is 0 Å². The Labute approximate surface area is 86.1 Å². The van der Waals surface area contributed by atoms with Crippen molar-refractivity contribution in [2.75, 3.05) is 13.1 Å². The number of rotatable bonds is 2. The molecule has 13 heavy (non-hydrogen) atoms. The molecule has 0 radical (unpaired) electrons. The lowest BCUT2D eigenvalue weighted by atomic mass is 10.1. The van der Waals surface area contributed by atoms with Crippen LogP contribution in [0.3, 0.4) is 0 Å². The normalized spacial score (nSPS) is 27.3. The van der Waals surface area contributed by atoms with Crippen LogP contribution in [0.4, 0.5) is 0 Å². The van der Waals surface area contributed by atoms with Crippen LogP contribution in [0.1, 0.15) is 20.3 Å². The van der Waals surface area contributed by atoms with Crippen LogP contribution in [-0.4, -0.2) is 29.4 Å². The molecule has 2 atom stereocenters. The van der Waals surface area contributed by atoms with E-state index in [1.807, 2.05) is 0 Å². The van der Waals surface area contributed by atoms with E-state index in [0.29, 0.717) is 6.04 Å². The molecule has 0 bridgehead atoms. The van der Waals surface area contributed by atoms with E-state index in [2.05, 4.69) is 37.5 Å². The number of halogens is 1. The van der Waals surface area contributed by atoms with Gasteiger partial charge in [0.15, 0.2) is 0 Å². The van der Waals surface area contributed by atoms with E-state index in [1.165, 1.54) is 5.57 Å². The van der Waals surface area contributed by atoms with Gasteiger partial charge in [0, 0.05) is 18.0 Å². The Balaban J connectivity index is 2.70. The van der Waals surface area contributed by atoms with E-state index >= 15 is 0 Å². The molecule has 2 unspecified atom stereocenters. The zero-order valence-electron chi connectivity index (χ0n) is 8.46. The fourth-order valence-electron chi connectivity index (χ4n) is 1.78. The van der Waals surface area contributed by atoms with Crippen molar-refractivity contribution in [3.05, 3.63) is 24.3 Å². The van der Waals surface area contributed by atoms with Crippen molar-refractivity contribution in [2.45, 2.75) is 31.7 Å². The molecule has 0 aromatic heterocycles. The molecule has 0 fully saturated rings. The average Bonchev–Trinajstić information content (AvgIpc) is 2.26. The summed E-state index contributed by atoms with van der Waals surface area (Å²) in [7, 11) is 0. The fraction of sp³-hybridized carbons (Fsp3) is 0.636. The molecule has 0 aromatic rings. The summed E-state index contributed by atoms with van der Waals surface area (Å²) in [6.45, 7) is 10.2. The minimum Gasteiger partial charge on any atom is -0.295 e. The summed E-state index contributed by atoms with van der Waals surface area (Å²) in [4.78, 5) is 2.39. The maximum atomic E-state index is 6.15. The van der Waals surface area contributed by atoms with Gasteiger partial charge in [0.1, 0.15) is 0 Å². The minimum absolute atomic E-state index is 0.204. The molecule has 74 valence electrons. The Morgan fingerprint density at radius 2 is 2.46 bits per heavy atom. The Morgan fingerprint density at radius 3 is 3.00 bits per heavy atom. The molecule has 1 aliphatic rings. The monoisotopic (exact) mass is 199 g/mol. The predicted octanol–water partition coefficient (Wildman–Crippen LogP) is 2.82. The molecule has 1 aliphatic heterocycles. The number of likely N-dealkylation sites (N-methyl/N-ethyl adjacent to an activating group) is 1. The van der Waals surface area contributed by atoms with Gasteiger partial charge in [-0.3, -0.25) is 4.90 Å². The summed E-state index contributed by atoms with van der Waals surface area (Å²) >= 11 is 6.15. The first-order valence-electron chi connectivity index (χ1n) is 4.87. The quantitative estimate of drug-likeness (QED) is 0.619. The van der Waals surface area contributed by atoms with Gasteiger partial charge < -0.3 is 0 Å². The topological polar surface area (TPSA) is 3.24 Å². The Bertz CT molecular complexity index is 208. The Kier molecular flexibility index (Phi) is 4.01. The van der Waals surface area contributed by atoms with Gasteiger partial charge >= 0.3 is 0 Å². The number of nitrogens with zero attached hydrogens (tertiary/aromatic N) is 1. The first kappa shape index (κ1) is 10.8. The fourth-order valence-corrected chi connectivity index (χ4v) is 2.04. The summed E-state index contributed by atoms with van der Waals surface area (Å²) < 4.78 is 0. The lowest BCUT2D eigenvalue weighted by Gasteiger charge is -2.30. The van der Waals surface area contributed by atoms with Crippen molar-refractivity contribution in [3.8, 4) is 0 Å². The summed E-state index contributed by atoms with van der Waals surface area (Å²) in [5, 5.41) is 0.204. The van der Waals surface area contributed by atoms with Crippen LogP contribution in [0.15, 0.2) is 24.3 Å². The van der Waals surface area contributed by atoms with Crippen LogP contribution in [0.5, 0.6) is 0 Å². The third-order valence-corrected chi connectivity index (χ3v) is 2.83. The second kappa shape index (κ2) is 4.83. The van der Waals surface area contributed by atoms with Gasteiger partial charge in [-0.05, 0) is 25.5 Å². The molecule has 0 aliphatic carbocycles. The second-order valence-electron chi connectivity index (χ2n) is 3.60. The molecule has 2 heteroatoms. The van der Waals surface area contributed by atoms with Gasteiger partial charge in [-0.15, -0.1) is 11.6 Å². The van der Waals surface area contributed by atoms with Crippen molar-refractivity contribution >= 4 is 11.6 Å². The van der Waals surface area contributed by atoms with E-state index in [0.717, 1.165) is 19.5 Å². The third kappa shape index (κ3) is 2.85. The molecule has 1 nitrogen and oxygen atoms in total. The highest BCUT2D eigenvalue weighted by Crippen LogP contribution is 2.19. The van der Waals surface area contributed by atoms with Crippen molar-refractivity contribution in [1.29, 1.82) is 0 Å². The summed E-state index contributed by atoms with van der Waals surface area (Å²) in [5.41, 5.74) is 1.18. The van der Waals surface area contributed by atoms with E-state index < -0.39 is 0 Å². The van der Waals surface area contributed by atoms with Crippen LogP contribution in [0.2, 0.25) is 0 Å². The molecule has 0 amide bonds. The SMILES string of the molecule is C=C1C=CCC(C(C)Cl)N(CC)C1. The highest BCUT2D eigenvalue weighted by atomic mass is 35.5. The molecule has 1 rings (SSSR count). The van der Waals surface area contributed by atoms with Crippen molar-refractivity contribution in [2.24, 2.45) is 0 Å². The highest BCUT2D eigenvalue weighted by Gasteiger charge is 2.22. The van der Waals surface area contributed by atoms with E-state index in [-0.39, 0.29) is 5.38 Å². The lowest BCUT2D eigenvalue weighted by molar-refractivity contribution is 0.226. The van der Waals surface area contributed by atoms with Gasteiger partial charge in [0.2, 0.25) is 0 Å². The number of hydrogen-bond donors (Lipinski definition) is 0. The standard InChI is InChI=1S/C11H18ClN/c1-4-13-8-9(2)6-5-7-11(13)10(3)12/h5-6,10-11H,2,4,7-8H2,1,3H3. The molecular formula is C11H18ClN. The van der Waals surface area contributed by atoms with Crippen molar-refractivity contribution in [1.82, 2.24) is 4.90 Å². The zero-order valence-corrected chi connectivity index (χ0v) is 9.22. The molecule has 1 heterocycles. The Hall–Kier alpha value is -0.270. The maximum absolute atomic E-state index is 6.15. The van der Waals surface area contributed by atoms with Crippen LogP contribution < -0.4 is 0 Å². The zero-order chi connectivity index (χ0) is 9.84. The van der Waals surface area contributed by atoms with Crippen LogP contribution in [-0.2, 0) is 0 Å². The van der Waals surface area contributed by atoms with Crippen molar-refractivity contribution in [3.63, 3.8) is 0 Å². The smallest absolute Gasteiger partial charge is 0.0466 e. The number of alkyl halides is 1. The second-order valence-corrected chi connectivity index (χ2v) is 4.29. The largest absolute Gasteiger partial charge is 0.295 e. The van der Waals surface area contributed by atoms with Crippen LogP contribution in [0, 0.1) is 0 Å². The predicted molar refractivity (Wildman–Crippen MR) is 59.2 cm³/mol. The summed E-state index contributed by atoms with van der Waals surface area (Å²) in [5.74, 6) is 0. The molecule has 0 spiro atoms. The first-order valence-corrected chi connectivity index (χ1v) is 5.31. The van der Waals surface area contributed by atoms with Crippen LogP contribution in [0.25, 0.3) is 0 Å². The van der Waals surface area contributed by atoms with E-state index in [1.54, 1.807) is 0 Å². The van der Waals surface area contributed by atoms with Gasteiger partial charge in [0.25, 0.3) is 0 Å². The minimum atomic E-state index is 0.204. The molecule has 0 aromatic carbocycles. The molecular weight excluding hydrogens is 182 g/mol. The van der Waals surface area contributed by atoms with E-state index in [9.17, 15) is 0 Å². The van der Waals surface area contributed by atoms with Gasteiger partial charge in [-0.2, -0.15) is 0 Å². The maximum Gasteiger partial charge on any atom is 0.0466 e. The number of hydrogen-bond acceptors (Lipinski definition) is 1. The average molecular weight is 200 g/mol. The van der Waals surface area contributed by atoms with Crippen LogP contribution >= 0.6 is 11.6 Å².